The lowest BCUT2D eigenvalue weighted by atomic mass is 9.97. The summed E-state index contributed by atoms with van der Waals surface area (Å²) in [6.07, 6.45) is 3.89. The van der Waals surface area contributed by atoms with Crippen LogP contribution in [0.25, 0.3) is 105 Å². The van der Waals surface area contributed by atoms with Gasteiger partial charge >= 0.3 is 0 Å². The van der Waals surface area contributed by atoms with Gasteiger partial charge in [0.15, 0.2) is 0 Å². The first-order valence-electron chi connectivity index (χ1n) is 17.2. The van der Waals surface area contributed by atoms with Crippen molar-refractivity contribution < 1.29 is 8.83 Å². The largest absolute Gasteiger partial charge is 0.456 e. The third-order valence-corrected chi connectivity index (χ3v) is 10.3. The van der Waals surface area contributed by atoms with Crippen molar-refractivity contribution in [2.45, 2.75) is 0 Å². The van der Waals surface area contributed by atoms with Crippen LogP contribution in [-0.4, -0.2) is 9.55 Å². The van der Waals surface area contributed by atoms with Crippen molar-refractivity contribution in [2.24, 2.45) is 0 Å². The normalized spacial score (nSPS) is 11.9. The van der Waals surface area contributed by atoms with Gasteiger partial charge < -0.3 is 13.4 Å². The smallest absolute Gasteiger partial charge is 0.135 e. The molecule has 0 fully saturated rings. The highest BCUT2D eigenvalue weighted by atomic mass is 16.3. The zero-order chi connectivity index (χ0) is 33.5. The molecule has 51 heavy (non-hydrogen) atoms. The number of rotatable bonds is 4. The summed E-state index contributed by atoms with van der Waals surface area (Å²) in [4.78, 5) is 4.73. The fraction of sp³-hybridized carbons (Fsp3) is 0. The number of furan rings is 2. The summed E-state index contributed by atoms with van der Waals surface area (Å²) >= 11 is 0. The second kappa shape index (κ2) is 10.8. The van der Waals surface area contributed by atoms with Crippen LogP contribution in [0.2, 0.25) is 0 Å². The van der Waals surface area contributed by atoms with Gasteiger partial charge in [0.25, 0.3) is 0 Å². The molecule has 0 bridgehead atoms. The fourth-order valence-electron chi connectivity index (χ4n) is 7.83. The zero-order valence-electron chi connectivity index (χ0n) is 27.4. The van der Waals surface area contributed by atoms with E-state index in [0.29, 0.717) is 0 Å². The van der Waals surface area contributed by atoms with E-state index in [1.807, 2.05) is 24.5 Å². The quantitative estimate of drug-likeness (QED) is 0.190. The summed E-state index contributed by atoms with van der Waals surface area (Å²) in [6.45, 7) is 0. The average Bonchev–Trinajstić information content (AvgIpc) is 3.86. The second-order valence-corrected chi connectivity index (χ2v) is 13.2. The highest BCUT2D eigenvalue weighted by Gasteiger charge is 2.15. The highest BCUT2D eigenvalue weighted by molar-refractivity contribution is 6.10. The number of aromatic nitrogens is 2. The van der Waals surface area contributed by atoms with Crippen molar-refractivity contribution >= 4 is 65.7 Å². The summed E-state index contributed by atoms with van der Waals surface area (Å²) in [5.41, 5.74) is 13.7. The molecule has 0 amide bonds. The minimum absolute atomic E-state index is 0.867. The Morgan fingerprint density at radius 1 is 0.333 bits per heavy atom. The molecule has 4 heterocycles. The summed E-state index contributed by atoms with van der Waals surface area (Å²) in [6, 6.07) is 55.7. The van der Waals surface area contributed by atoms with Gasteiger partial charge in [-0.25, -0.2) is 0 Å². The zero-order valence-corrected chi connectivity index (χ0v) is 27.4. The Kier molecular flexibility index (Phi) is 5.92. The molecule has 11 rings (SSSR count). The Morgan fingerprint density at radius 2 is 0.804 bits per heavy atom. The minimum Gasteiger partial charge on any atom is -0.456 e. The van der Waals surface area contributed by atoms with Gasteiger partial charge in [0.05, 0.1) is 22.9 Å². The highest BCUT2D eigenvalue weighted by Crippen LogP contribution is 2.38. The van der Waals surface area contributed by atoms with Crippen LogP contribution < -0.4 is 0 Å². The number of nitrogens with zero attached hydrogens (tertiary/aromatic N) is 2. The molecule has 7 aromatic carbocycles. The molecule has 0 aliphatic heterocycles. The summed E-state index contributed by atoms with van der Waals surface area (Å²) in [7, 11) is 0. The molecule has 0 aliphatic rings. The molecule has 0 spiro atoms. The first kappa shape index (κ1) is 28.0. The molecule has 0 unspecified atom stereocenters. The maximum atomic E-state index is 6.35. The van der Waals surface area contributed by atoms with Gasteiger partial charge in [-0.2, -0.15) is 0 Å². The molecule has 4 aromatic heterocycles. The Labute approximate surface area is 292 Å². The van der Waals surface area contributed by atoms with Crippen LogP contribution in [0.4, 0.5) is 0 Å². The predicted octanol–water partition coefficient (Wildman–Crippen LogP) is 13.0. The van der Waals surface area contributed by atoms with Crippen LogP contribution in [0.5, 0.6) is 0 Å². The van der Waals surface area contributed by atoms with E-state index in [1.165, 1.54) is 21.8 Å². The van der Waals surface area contributed by atoms with Crippen molar-refractivity contribution in [3.8, 4) is 39.1 Å². The Bertz CT molecular complexity index is 3110. The molecule has 4 heteroatoms. The van der Waals surface area contributed by atoms with E-state index < -0.39 is 0 Å². The van der Waals surface area contributed by atoms with Gasteiger partial charge in [-0.15, -0.1) is 0 Å². The van der Waals surface area contributed by atoms with Crippen LogP contribution in [0, 0.1) is 0 Å². The van der Waals surface area contributed by atoms with E-state index in [2.05, 4.69) is 150 Å². The van der Waals surface area contributed by atoms with Gasteiger partial charge in [0, 0.05) is 44.1 Å². The third kappa shape index (κ3) is 4.37. The predicted molar refractivity (Wildman–Crippen MR) is 209 cm³/mol. The molecule has 0 aliphatic carbocycles. The van der Waals surface area contributed by atoms with Crippen molar-refractivity contribution in [3.63, 3.8) is 0 Å². The van der Waals surface area contributed by atoms with Crippen molar-refractivity contribution in [2.75, 3.05) is 0 Å². The number of hydrogen-bond donors (Lipinski definition) is 0. The standard InChI is InChI=1S/C47H28N2O2/c1-4-13-42-36(10-1)37-11-2-5-14-43(37)49(42)35-23-34(27-48-28-35)33-18-21-47-41(26-33)40-25-32(17-20-46(40)51-47)30-9-7-8-29(22-30)31-16-19-45-39(24-31)38-12-3-6-15-44(38)50-45/h1-28H. The molecule has 238 valence electrons. The molecule has 0 N–H and O–H groups in total. The van der Waals surface area contributed by atoms with Crippen molar-refractivity contribution in [1.29, 1.82) is 0 Å². The summed E-state index contributed by atoms with van der Waals surface area (Å²) < 4.78 is 14.7. The lowest BCUT2D eigenvalue weighted by molar-refractivity contribution is 0.668. The molecule has 0 saturated heterocycles. The van der Waals surface area contributed by atoms with Crippen LogP contribution >= 0.6 is 0 Å². The van der Waals surface area contributed by atoms with Crippen LogP contribution in [0.15, 0.2) is 179 Å². The Morgan fingerprint density at radius 3 is 1.41 bits per heavy atom. The number of pyridine rings is 1. The van der Waals surface area contributed by atoms with Gasteiger partial charge in [0.2, 0.25) is 0 Å². The van der Waals surface area contributed by atoms with E-state index in [1.54, 1.807) is 0 Å². The van der Waals surface area contributed by atoms with Crippen LogP contribution in [0.1, 0.15) is 0 Å². The SMILES string of the molecule is c1cc(-c2ccc3oc4ccccc4c3c2)cc(-c2ccc3oc4ccc(-c5cncc(-n6c7ccccc7c7ccccc76)c5)cc4c3c2)c1. The van der Waals surface area contributed by atoms with E-state index in [9.17, 15) is 0 Å². The molecule has 0 radical (unpaired) electrons. The van der Waals surface area contributed by atoms with Crippen molar-refractivity contribution in [3.05, 3.63) is 170 Å². The maximum Gasteiger partial charge on any atom is 0.135 e. The molecule has 0 saturated carbocycles. The lowest BCUT2D eigenvalue weighted by Gasteiger charge is -2.10. The topological polar surface area (TPSA) is 44.1 Å². The number of fused-ring (bicyclic) bond motifs is 9. The fourth-order valence-corrected chi connectivity index (χ4v) is 7.83. The van der Waals surface area contributed by atoms with Gasteiger partial charge in [0.1, 0.15) is 22.3 Å². The monoisotopic (exact) mass is 652 g/mol. The van der Waals surface area contributed by atoms with Crippen LogP contribution in [0.3, 0.4) is 0 Å². The van der Waals surface area contributed by atoms with E-state index in [4.69, 9.17) is 13.8 Å². The summed E-state index contributed by atoms with van der Waals surface area (Å²) in [5, 5.41) is 6.91. The molecule has 4 nitrogen and oxygen atoms in total. The van der Waals surface area contributed by atoms with Crippen LogP contribution in [-0.2, 0) is 0 Å². The number of para-hydroxylation sites is 3. The molecular weight excluding hydrogens is 625 g/mol. The maximum absolute atomic E-state index is 6.35. The molecular formula is C47H28N2O2. The molecule has 0 atom stereocenters. The van der Waals surface area contributed by atoms with Gasteiger partial charge in [-0.3, -0.25) is 4.98 Å². The molecule has 11 aromatic rings. The Balaban J connectivity index is 0.994. The Hall–Kier alpha value is -6.91. The lowest BCUT2D eigenvalue weighted by Crippen LogP contribution is -1.95. The average molecular weight is 653 g/mol. The van der Waals surface area contributed by atoms with E-state index in [-0.39, 0.29) is 0 Å². The van der Waals surface area contributed by atoms with Gasteiger partial charge in [-0.05, 0) is 94.5 Å². The van der Waals surface area contributed by atoms with Crippen molar-refractivity contribution in [1.82, 2.24) is 9.55 Å². The first-order valence-corrected chi connectivity index (χ1v) is 17.2. The van der Waals surface area contributed by atoms with Gasteiger partial charge in [-0.1, -0.05) is 91.0 Å². The summed E-state index contributed by atoms with van der Waals surface area (Å²) in [5.74, 6) is 0. The second-order valence-electron chi connectivity index (χ2n) is 13.2. The van der Waals surface area contributed by atoms with E-state index in [0.717, 1.165) is 82.9 Å². The first-order chi connectivity index (χ1) is 25.2. The number of hydrogen-bond acceptors (Lipinski definition) is 3. The number of benzene rings is 7. The third-order valence-electron chi connectivity index (χ3n) is 10.3. The minimum atomic E-state index is 0.867. The van der Waals surface area contributed by atoms with E-state index >= 15 is 0 Å².